The van der Waals surface area contributed by atoms with Gasteiger partial charge in [-0.05, 0) is 30.4 Å². The Labute approximate surface area is 115 Å². The van der Waals surface area contributed by atoms with E-state index in [2.05, 4.69) is 44.5 Å². The van der Waals surface area contributed by atoms with E-state index in [1.807, 2.05) is 4.68 Å². The van der Waals surface area contributed by atoms with Crippen LogP contribution in [0.5, 0.6) is 0 Å². The summed E-state index contributed by atoms with van der Waals surface area (Å²) in [7, 11) is 0. The van der Waals surface area contributed by atoms with Crippen LogP contribution in [-0.2, 0) is 6.42 Å². The normalized spacial score (nSPS) is 18.1. The smallest absolute Gasteiger partial charge is 0.184 e. The molecule has 1 aliphatic rings. The Kier molecular flexibility index (Phi) is 2.42. The van der Waals surface area contributed by atoms with Gasteiger partial charge in [-0.25, -0.2) is 14.6 Å². The third-order valence-electron chi connectivity index (χ3n) is 3.92. The Morgan fingerprint density at radius 1 is 1.20 bits per heavy atom. The minimum atomic E-state index is 0.180. The quantitative estimate of drug-likeness (QED) is 0.725. The number of hydrogen-bond donors (Lipinski definition) is 1. The van der Waals surface area contributed by atoms with E-state index in [0.717, 1.165) is 19.3 Å². The third-order valence-corrected chi connectivity index (χ3v) is 3.92. The second-order valence-electron chi connectivity index (χ2n) is 5.07. The molecule has 0 saturated heterocycles. The van der Waals surface area contributed by atoms with Crippen molar-refractivity contribution >= 4 is 17.0 Å². The molecule has 0 radical (unpaired) electrons. The van der Waals surface area contributed by atoms with Crippen LogP contribution in [0.15, 0.2) is 30.6 Å². The molecular formula is C14H14N6. The molecule has 20 heavy (non-hydrogen) atoms. The predicted molar refractivity (Wildman–Crippen MR) is 75.0 cm³/mol. The van der Waals surface area contributed by atoms with E-state index in [1.165, 1.54) is 17.5 Å². The first-order valence-electron chi connectivity index (χ1n) is 6.74. The number of anilines is 1. The zero-order valence-electron chi connectivity index (χ0n) is 10.9. The monoisotopic (exact) mass is 266 g/mol. The van der Waals surface area contributed by atoms with Gasteiger partial charge in [0, 0.05) is 0 Å². The summed E-state index contributed by atoms with van der Waals surface area (Å²) in [4.78, 5) is 8.26. The van der Waals surface area contributed by atoms with Crippen molar-refractivity contribution in [3.8, 4) is 0 Å². The van der Waals surface area contributed by atoms with Gasteiger partial charge in [-0.1, -0.05) is 29.5 Å². The Hall–Kier alpha value is -2.50. The number of fused-ring (bicyclic) bond motifs is 2. The highest BCUT2D eigenvalue weighted by Crippen LogP contribution is 2.33. The number of aryl methyl sites for hydroxylation is 1. The molecule has 1 unspecified atom stereocenters. The predicted octanol–water partition coefficient (Wildman–Crippen LogP) is 1.73. The van der Waals surface area contributed by atoms with E-state index >= 15 is 0 Å². The Balaban J connectivity index is 1.91. The standard InChI is InChI=1S/C14H14N6/c15-13-12-14(17-8-16-13)20(19-18-12)11-7-3-5-9-4-1-2-6-10(9)11/h1-2,4,6,8,11H,3,5,7H2,(H2,15,16,17). The highest BCUT2D eigenvalue weighted by molar-refractivity contribution is 5.80. The van der Waals surface area contributed by atoms with Gasteiger partial charge in [0.1, 0.15) is 6.33 Å². The Morgan fingerprint density at radius 3 is 3.05 bits per heavy atom. The summed E-state index contributed by atoms with van der Waals surface area (Å²) in [6.45, 7) is 0. The molecule has 3 aromatic rings. The minimum absolute atomic E-state index is 0.180. The number of hydrogen-bond acceptors (Lipinski definition) is 5. The first-order chi connectivity index (χ1) is 9.84. The molecule has 0 amide bonds. The molecule has 1 aromatic carbocycles. The fourth-order valence-corrected chi connectivity index (χ4v) is 2.97. The van der Waals surface area contributed by atoms with Gasteiger partial charge in [-0.2, -0.15) is 0 Å². The number of rotatable bonds is 1. The van der Waals surface area contributed by atoms with Crippen LogP contribution in [0.25, 0.3) is 11.2 Å². The second-order valence-corrected chi connectivity index (χ2v) is 5.07. The van der Waals surface area contributed by atoms with Gasteiger partial charge in [-0.15, -0.1) is 5.10 Å². The van der Waals surface area contributed by atoms with E-state index in [4.69, 9.17) is 5.73 Å². The number of aromatic nitrogens is 5. The van der Waals surface area contributed by atoms with Crippen LogP contribution in [0.1, 0.15) is 30.0 Å². The van der Waals surface area contributed by atoms with Crippen LogP contribution in [-0.4, -0.2) is 25.0 Å². The van der Waals surface area contributed by atoms with Gasteiger partial charge in [0.05, 0.1) is 6.04 Å². The molecule has 0 aliphatic heterocycles. The van der Waals surface area contributed by atoms with Gasteiger partial charge in [0.15, 0.2) is 17.0 Å². The van der Waals surface area contributed by atoms with Gasteiger partial charge < -0.3 is 5.73 Å². The summed E-state index contributed by atoms with van der Waals surface area (Å²) in [6.07, 6.45) is 4.77. The van der Waals surface area contributed by atoms with E-state index in [0.29, 0.717) is 17.0 Å². The maximum atomic E-state index is 5.83. The van der Waals surface area contributed by atoms with Crippen molar-refractivity contribution in [1.82, 2.24) is 25.0 Å². The molecule has 1 aliphatic carbocycles. The average Bonchev–Trinajstić information content (AvgIpc) is 2.92. The van der Waals surface area contributed by atoms with E-state index in [1.54, 1.807) is 0 Å². The topological polar surface area (TPSA) is 82.5 Å². The van der Waals surface area contributed by atoms with E-state index < -0.39 is 0 Å². The maximum Gasteiger partial charge on any atom is 0.184 e. The fourth-order valence-electron chi connectivity index (χ4n) is 2.97. The minimum Gasteiger partial charge on any atom is -0.382 e. The highest BCUT2D eigenvalue weighted by atomic mass is 15.5. The van der Waals surface area contributed by atoms with Crippen molar-refractivity contribution in [2.24, 2.45) is 0 Å². The zero-order chi connectivity index (χ0) is 13.5. The third kappa shape index (κ3) is 1.57. The SMILES string of the molecule is Nc1ncnc2c1nnn2C1CCCc2ccccc21. The van der Waals surface area contributed by atoms with Crippen molar-refractivity contribution in [3.05, 3.63) is 41.7 Å². The molecular weight excluding hydrogens is 252 g/mol. The average molecular weight is 266 g/mol. The fraction of sp³-hybridized carbons (Fsp3) is 0.286. The number of benzene rings is 1. The largest absolute Gasteiger partial charge is 0.382 e. The summed E-state index contributed by atoms with van der Waals surface area (Å²) >= 11 is 0. The van der Waals surface area contributed by atoms with Gasteiger partial charge >= 0.3 is 0 Å². The van der Waals surface area contributed by atoms with Gasteiger partial charge in [-0.3, -0.25) is 0 Å². The van der Waals surface area contributed by atoms with Crippen LogP contribution in [0.3, 0.4) is 0 Å². The molecule has 0 spiro atoms. The Morgan fingerprint density at radius 2 is 2.10 bits per heavy atom. The van der Waals surface area contributed by atoms with E-state index in [9.17, 15) is 0 Å². The lowest BCUT2D eigenvalue weighted by molar-refractivity contribution is 0.449. The number of nitrogens with zero attached hydrogens (tertiary/aromatic N) is 5. The molecule has 0 bridgehead atoms. The van der Waals surface area contributed by atoms with Crippen LogP contribution in [0.4, 0.5) is 5.82 Å². The molecule has 4 rings (SSSR count). The molecule has 2 N–H and O–H groups in total. The van der Waals surface area contributed by atoms with Gasteiger partial charge in [0.2, 0.25) is 0 Å². The lowest BCUT2D eigenvalue weighted by Crippen LogP contribution is -2.18. The zero-order valence-corrected chi connectivity index (χ0v) is 10.9. The number of nitrogens with two attached hydrogens (primary N) is 1. The van der Waals surface area contributed by atoms with E-state index in [-0.39, 0.29) is 6.04 Å². The van der Waals surface area contributed by atoms with Crippen LogP contribution in [0, 0.1) is 0 Å². The molecule has 6 heteroatoms. The van der Waals surface area contributed by atoms with Gasteiger partial charge in [0.25, 0.3) is 0 Å². The molecule has 0 fully saturated rings. The molecule has 2 heterocycles. The van der Waals surface area contributed by atoms with Crippen LogP contribution < -0.4 is 5.73 Å². The first-order valence-corrected chi connectivity index (χ1v) is 6.74. The maximum absolute atomic E-state index is 5.83. The lowest BCUT2D eigenvalue weighted by Gasteiger charge is -2.25. The molecule has 6 nitrogen and oxygen atoms in total. The van der Waals surface area contributed by atoms with Crippen molar-refractivity contribution < 1.29 is 0 Å². The summed E-state index contributed by atoms with van der Waals surface area (Å²) in [5.74, 6) is 0.380. The molecule has 0 saturated carbocycles. The molecule has 1 atom stereocenters. The summed E-state index contributed by atoms with van der Waals surface area (Å²) in [5.41, 5.74) is 9.81. The first kappa shape index (κ1) is 11.3. The summed E-state index contributed by atoms with van der Waals surface area (Å²) < 4.78 is 1.88. The van der Waals surface area contributed by atoms with Crippen LogP contribution >= 0.6 is 0 Å². The van der Waals surface area contributed by atoms with Crippen molar-refractivity contribution in [3.63, 3.8) is 0 Å². The molecule has 100 valence electrons. The van der Waals surface area contributed by atoms with Crippen molar-refractivity contribution in [1.29, 1.82) is 0 Å². The lowest BCUT2D eigenvalue weighted by atomic mass is 9.88. The summed E-state index contributed by atoms with van der Waals surface area (Å²) in [6, 6.07) is 8.68. The van der Waals surface area contributed by atoms with Crippen LogP contribution in [0.2, 0.25) is 0 Å². The van der Waals surface area contributed by atoms with Crippen molar-refractivity contribution in [2.45, 2.75) is 25.3 Å². The highest BCUT2D eigenvalue weighted by Gasteiger charge is 2.24. The Bertz CT molecular complexity index is 778. The number of nitrogen functional groups attached to an aromatic ring is 1. The summed E-state index contributed by atoms with van der Waals surface area (Å²) in [5, 5.41) is 8.39. The second kappa shape index (κ2) is 4.26. The van der Waals surface area contributed by atoms with Crippen molar-refractivity contribution in [2.75, 3.05) is 5.73 Å². The molecule has 2 aromatic heterocycles.